The van der Waals surface area contributed by atoms with Crippen LogP contribution < -0.4 is 0 Å². The van der Waals surface area contributed by atoms with Crippen LogP contribution in [0.4, 0.5) is 0 Å². The first-order chi connectivity index (χ1) is 6.10. The molecule has 0 nitrogen and oxygen atoms in total. The van der Waals surface area contributed by atoms with Gasteiger partial charge >= 0.3 is 0 Å². The van der Waals surface area contributed by atoms with Crippen molar-refractivity contribution in [1.82, 2.24) is 0 Å². The number of hydrogen-bond acceptors (Lipinski definition) is 0. The Morgan fingerprint density at radius 2 is 2.00 bits per heavy atom. The summed E-state index contributed by atoms with van der Waals surface area (Å²) in [6.45, 7) is 15.7. The molecule has 0 N–H and O–H groups in total. The Morgan fingerprint density at radius 3 is 2.31 bits per heavy atom. The van der Waals surface area contributed by atoms with Crippen LogP contribution in [0.2, 0.25) is 0 Å². The fourth-order valence-corrected chi connectivity index (χ4v) is 1.59. The molecular weight excluding hydrogens is 156 g/mol. The van der Waals surface area contributed by atoms with Gasteiger partial charge in [-0.1, -0.05) is 29.9 Å². The van der Waals surface area contributed by atoms with Crippen molar-refractivity contribution >= 4 is 0 Å². The first-order valence-corrected chi connectivity index (χ1v) is 4.63. The van der Waals surface area contributed by atoms with Gasteiger partial charge in [-0.2, -0.15) is 0 Å². The molecule has 0 aliphatic carbocycles. The predicted molar refractivity (Wildman–Crippen MR) is 61.7 cm³/mol. The van der Waals surface area contributed by atoms with Gasteiger partial charge in [0.15, 0.2) is 0 Å². The summed E-state index contributed by atoms with van der Waals surface area (Å²) in [6.07, 6.45) is 10.0. The van der Waals surface area contributed by atoms with Crippen molar-refractivity contribution in [1.29, 1.82) is 0 Å². The van der Waals surface area contributed by atoms with Crippen LogP contribution in [0.5, 0.6) is 0 Å². The van der Waals surface area contributed by atoms with E-state index in [1.807, 2.05) is 26.0 Å². The maximum absolute atomic E-state index is 3.94. The zero-order valence-corrected chi connectivity index (χ0v) is 8.84. The molecule has 0 saturated carbocycles. The monoisotopic (exact) mass is 176 g/mol. The van der Waals surface area contributed by atoms with E-state index >= 15 is 0 Å². The Kier molecular flexibility index (Phi) is 5.13. The Balaban J connectivity index is 4.72. The highest BCUT2D eigenvalue weighted by Crippen LogP contribution is 2.33. The van der Waals surface area contributed by atoms with E-state index in [9.17, 15) is 0 Å². The van der Waals surface area contributed by atoms with Crippen molar-refractivity contribution in [2.45, 2.75) is 26.7 Å². The van der Waals surface area contributed by atoms with E-state index in [-0.39, 0.29) is 5.41 Å². The second kappa shape index (κ2) is 5.58. The molecule has 0 aromatic heterocycles. The van der Waals surface area contributed by atoms with Crippen LogP contribution in [0.25, 0.3) is 0 Å². The summed E-state index contributed by atoms with van der Waals surface area (Å²) >= 11 is 0. The molecule has 0 saturated heterocycles. The zero-order chi connectivity index (χ0) is 10.3. The van der Waals surface area contributed by atoms with Gasteiger partial charge in [0.05, 0.1) is 0 Å². The van der Waals surface area contributed by atoms with Crippen molar-refractivity contribution in [3.8, 4) is 0 Å². The van der Waals surface area contributed by atoms with Gasteiger partial charge in [-0.3, -0.25) is 0 Å². The molecule has 0 spiro atoms. The lowest BCUT2D eigenvalue weighted by molar-refractivity contribution is 0.495. The summed E-state index contributed by atoms with van der Waals surface area (Å²) in [5, 5.41) is 0. The lowest BCUT2D eigenvalue weighted by Crippen LogP contribution is -2.13. The van der Waals surface area contributed by atoms with Gasteiger partial charge in [0.1, 0.15) is 0 Å². The molecule has 0 heteroatoms. The van der Waals surface area contributed by atoms with Crippen molar-refractivity contribution in [2.75, 3.05) is 0 Å². The van der Waals surface area contributed by atoms with Crippen LogP contribution in [0.3, 0.4) is 0 Å². The first-order valence-electron chi connectivity index (χ1n) is 4.63. The average Bonchev–Trinajstić information content (AvgIpc) is 2.04. The second-order valence-corrected chi connectivity index (χ2v) is 3.56. The minimum atomic E-state index is 0.0301. The molecule has 0 aromatic carbocycles. The summed E-state index contributed by atoms with van der Waals surface area (Å²) in [5.74, 6) is 0. The molecule has 0 fully saturated rings. The second-order valence-electron chi connectivity index (χ2n) is 3.56. The molecular formula is C13H20. The molecule has 0 aromatic rings. The van der Waals surface area contributed by atoms with Gasteiger partial charge < -0.3 is 0 Å². The lowest BCUT2D eigenvalue weighted by atomic mass is 9.79. The van der Waals surface area contributed by atoms with E-state index in [0.29, 0.717) is 0 Å². The van der Waals surface area contributed by atoms with E-state index in [1.165, 1.54) is 5.57 Å². The Morgan fingerprint density at radius 1 is 1.38 bits per heavy atom. The average molecular weight is 176 g/mol. The van der Waals surface area contributed by atoms with Crippen LogP contribution in [-0.2, 0) is 0 Å². The van der Waals surface area contributed by atoms with Gasteiger partial charge in [-0.05, 0) is 26.7 Å². The summed E-state index contributed by atoms with van der Waals surface area (Å²) < 4.78 is 0. The largest absolute Gasteiger partial charge is 0.103 e. The molecule has 0 radical (unpaired) electrons. The van der Waals surface area contributed by atoms with Crippen LogP contribution in [0.1, 0.15) is 26.7 Å². The molecule has 72 valence electrons. The molecule has 1 unspecified atom stereocenters. The fourth-order valence-electron chi connectivity index (χ4n) is 1.59. The molecule has 0 heterocycles. The van der Waals surface area contributed by atoms with E-state index in [1.54, 1.807) is 0 Å². The van der Waals surface area contributed by atoms with Crippen LogP contribution in [-0.4, -0.2) is 0 Å². The topological polar surface area (TPSA) is 0 Å². The van der Waals surface area contributed by atoms with Crippen molar-refractivity contribution in [3.05, 3.63) is 49.6 Å². The van der Waals surface area contributed by atoms with Gasteiger partial charge in [0, 0.05) is 5.41 Å². The Labute approximate surface area is 82.4 Å². The van der Waals surface area contributed by atoms with E-state index < -0.39 is 0 Å². The molecule has 0 aliphatic rings. The summed E-state index contributed by atoms with van der Waals surface area (Å²) in [5.41, 5.74) is 1.21. The van der Waals surface area contributed by atoms with E-state index in [2.05, 4.69) is 31.9 Å². The van der Waals surface area contributed by atoms with Crippen LogP contribution >= 0.6 is 0 Å². The van der Waals surface area contributed by atoms with Gasteiger partial charge in [-0.15, -0.1) is 19.7 Å². The molecule has 13 heavy (non-hydrogen) atoms. The van der Waals surface area contributed by atoms with Gasteiger partial charge in [-0.25, -0.2) is 0 Å². The molecule has 0 rings (SSSR count). The minimum absolute atomic E-state index is 0.0301. The number of allylic oxidation sites excluding steroid dienone is 5. The molecule has 1 atom stereocenters. The molecule has 0 amide bonds. The van der Waals surface area contributed by atoms with E-state index in [4.69, 9.17) is 0 Å². The SMILES string of the molecule is C=CCC(C=C)(C=CC)CC(=C)C. The molecule has 0 aliphatic heterocycles. The quantitative estimate of drug-likeness (QED) is 0.530. The first kappa shape index (κ1) is 12.0. The Bertz CT molecular complexity index is 220. The van der Waals surface area contributed by atoms with Gasteiger partial charge in [0.25, 0.3) is 0 Å². The number of hydrogen-bond donors (Lipinski definition) is 0. The third-order valence-electron chi connectivity index (χ3n) is 2.06. The van der Waals surface area contributed by atoms with Crippen LogP contribution in [0.15, 0.2) is 49.6 Å². The highest BCUT2D eigenvalue weighted by molar-refractivity contribution is 5.16. The minimum Gasteiger partial charge on any atom is -0.103 e. The maximum atomic E-state index is 3.94. The highest BCUT2D eigenvalue weighted by Gasteiger charge is 2.20. The third-order valence-corrected chi connectivity index (χ3v) is 2.06. The Hall–Kier alpha value is -1.04. The van der Waals surface area contributed by atoms with E-state index in [0.717, 1.165) is 12.8 Å². The summed E-state index contributed by atoms with van der Waals surface area (Å²) in [4.78, 5) is 0. The standard InChI is InChI=1S/C13H20/c1-6-9-13(8-3,10-7-2)11-12(4)5/h6-8,10H,1,3-4,9,11H2,2,5H3. The predicted octanol–water partition coefficient (Wildman–Crippen LogP) is 4.28. The van der Waals surface area contributed by atoms with Gasteiger partial charge in [0.2, 0.25) is 0 Å². The van der Waals surface area contributed by atoms with Crippen LogP contribution in [0, 0.1) is 5.41 Å². The normalized spacial score (nSPS) is 15.2. The summed E-state index contributed by atoms with van der Waals surface area (Å²) in [7, 11) is 0. The highest BCUT2D eigenvalue weighted by atomic mass is 14.2. The fraction of sp³-hybridized carbons (Fsp3) is 0.385. The number of rotatable bonds is 6. The smallest absolute Gasteiger partial charge is 0.0130 e. The van der Waals surface area contributed by atoms with Crippen molar-refractivity contribution in [2.24, 2.45) is 5.41 Å². The van der Waals surface area contributed by atoms with Crippen molar-refractivity contribution < 1.29 is 0 Å². The maximum Gasteiger partial charge on any atom is 0.0130 e. The van der Waals surface area contributed by atoms with Crippen molar-refractivity contribution in [3.63, 3.8) is 0 Å². The zero-order valence-electron chi connectivity index (χ0n) is 8.84. The molecule has 0 bridgehead atoms. The third kappa shape index (κ3) is 3.93. The summed E-state index contributed by atoms with van der Waals surface area (Å²) in [6, 6.07) is 0. The lowest BCUT2D eigenvalue weighted by Gasteiger charge is -2.25.